The fraction of sp³-hybridized carbons (Fsp3) is 0.217. The lowest BCUT2D eigenvalue weighted by Gasteiger charge is -2.18. The van der Waals surface area contributed by atoms with Crippen molar-refractivity contribution in [3.63, 3.8) is 0 Å². The molecular formula is C23H21FN6O2S. The van der Waals surface area contributed by atoms with Crippen LogP contribution in [-0.4, -0.2) is 44.6 Å². The zero-order valence-electron chi connectivity index (χ0n) is 18.2. The molecule has 0 aliphatic rings. The Morgan fingerprint density at radius 2 is 2.03 bits per heavy atom. The van der Waals surface area contributed by atoms with Crippen molar-refractivity contribution in [2.45, 2.75) is 13.0 Å². The molecule has 3 aromatic heterocycles. The number of benzene rings is 2. The van der Waals surface area contributed by atoms with Crippen LogP contribution in [0.5, 0.6) is 5.75 Å². The highest BCUT2D eigenvalue weighted by molar-refractivity contribution is 7.16. The highest BCUT2D eigenvalue weighted by Gasteiger charge is 2.18. The Bertz CT molecular complexity index is 1450. The van der Waals surface area contributed by atoms with E-state index >= 15 is 4.39 Å². The second-order valence-corrected chi connectivity index (χ2v) is 8.48. The van der Waals surface area contributed by atoms with E-state index in [-0.39, 0.29) is 11.9 Å². The molecule has 0 radical (unpaired) electrons. The molecule has 33 heavy (non-hydrogen) atoms. The van der Waals surface area contributed by atoms with Crippen LogP contribution >= 0.6 is 11.3 Å². The van der Waals surface area contributed by atoms with E-state index in [9.17, 15) is 0 Å². The Morgan fingerprint density at radius 3 is 2.82 bits per heavy atom. The van der Waals surface area contributed by atoms with E-state index in [4.69, 9.17) is 9.47 Å². The van der Waals surface area contributed by atoms with Gasteiger partial charge in [0.2, 0.25) is 0 Å². The SMILES string of the molecule is COC[C@H](C)Oc1cc(-c2cnn(C)c2)cc2ncnc(Nc3ccc4ncsc4c3F)c12. The number of ether oxygens (including phenoxy) is 2. The summed E-state index contributed by atoms with van der Waals surface area (Å²) < 4.78 is 28.8. The number of hydrogen-bond acceptors (Lipinski definition) is 8. The second-order valence-electron chi connectivity index (χ2n) is 7.63. The van der Waals surface area contributed by atoms with Crippen LogP contribution < -0.4 is 10.1 Å². The van der Waals surface area contributed by atoms with Gasteiger partial charge in [0, 0.05) is 25.9 Å². The van der Waals surface area contributed by atoms with Gasteiger partial charge in [-0.2, -0.15) is 5.10 Å². The number of aryl methyl sites for hydroxylation is 1. The largest absolute Gasteiger partial charge is 0.487 e. The van der Waals surface area contributed by atoms with Crippen LogP contribution in [0.15, 0.2) is 48.5 Å². The van der Waals surface area contributed by atoms with E-state index in [1.54, 1.807) is 35.6 Å². The minimum atomic E-state index is -0.371. The van der Waals surface area contributed by atoms with Crippen molar-refractivity contribution >= 4 is 44.0 Å². The fourth-order valence-electron chi connectivity index (χ4n) is 3.68. The predicted molar refractivity (Wildman–Crippen MR) is 127 cm³/mol. The minimum Gasteiger partial charge on any atom is -0.487 e. The molecule has 0 fully saturated rings. The van der Waals surface area contributed by atoms with Gasteiger partial charge in [0.05, 0.1) is 45.1 Å². The number of methoxy groups -OCH3 is 1. The van der Waals surface area contributed by atoms with Gasteiger partial charge in [-0.1, -0.05) is 0 Å². The summed E-state index contributed by atoms with van der Waals surface area (Å²) in [6.07, 6.45) is 4.93. The first-order chi connectivity index (χ1) is 16.0. The summed E-state index contributed by atoms with van der Waals surface area (Å²) in [5.74, 6) is 0.641. The van der Waals surface area contributed by atoms with Gasteiger partial charge in [0.25, 0.3) is 0 Å². The van der Waals surface area contributed by atoms with Crippen molar-refractivity contribution in [2.24, 2.45) is 7.05 Å². The quantitative estimate of drug-likeness (QED) is 0.365. The van der Waals surface area contributed by atoms with E-state index in [0.717, 1.165) is 11.1 Å². The number of halogens is 1. The molecule has 10 heteroatoms. The number of nitrogens with one attached hydrogen (secondary N) is 1. The van der Waals surface area contributed by atoms with Crippen molar-refractivity contribution in [1.29, 1.82) is 0 Å². The Hall–Kier alpha value is -3.63. The highest BCUT2D eigenvalue weighted by Crippen LogP contribution is 2.37. The van der Waals surface area contributed by atoms with Crippen molar-refractivity contribution < 1.29 is 13.9 Å². The van der Waals surface area contributed by atoms with Gasteiger partial charge >= 0.3 is 0 Å². The predicted octanol–water partition coefficient (Wildman–Crippen LogP) is 4.94. The topological polar surface area (TPSA) is 87.0 Å². The maximum absolute atomic E-state index is 15.1. The number of anilines is 2. The molecule has 5 aromatic rings. The molecule has 168 valence electrons. The van der Waals surface area contributed by atoms with E-state index in [2.05, 4.69) is 25.4 Å². The van der Waals surface area contributed by atoms with Gasteiger partial charge in [-0.3, -0.25) is 4.68 Å². The molecule has 0 saturated carbocycles. The third-order valence-electron chi connectivity index (χ3n) is 5.16. The number of fused-ring (bicyclic) bond motifs is 2. The number of nitrogens with zero attached hydrogens (tertiary/aromatic N) is 5. The molecule has 5 rings (SSSR count). The molecule has 2 aromatic carbocycles. The zero-order valence-corrected chi connectivity index (χ0v) is 19.1. The summed E-state index contributed by atoms with van der Waals surface area (Å²) >= 11 is 1.26. The summed E-state index contributed by atoms with van der Waals surface area (Å²) in [5, 5.41) is 8.04. The molecule has 0 bridgehead atoms. The molecule has 1 atom stereocenters. The van der Waals surface area contributed by atoms with Crippen molar-refractivity contribution in [3.8, 4) is 16.9 Å². The lowest BCUT2D eigenvalue weighted by atomic mass is 10.1. The lowest BCUT2D eigenvalue weighted by molar-refractivity contribution is 0.0931. The van der Waals surface area contributed by atoms with Crippen LogP contribution in [0.25, 0.3) is 32.2 Å². The minimum absolute atomic E-state index is 0.222. The van der Waals surface area contributed by atoms with E-state index < -0.39 is 0 Å². The van der Waals surface area contributed by atoms with Crippen molar-refractivity contribution in [2.75, 3.05) is 19.0 Å². The fourth-order valence-corrected chi connectivity index (χ4v) is 4.41. The Balaban J connectivity index is 1.64. The van der Waals surface area contributed by atoms with E-state index in [1.807, 2.05) is 32.3 Å². The molecule has 1 N–H and O–H groups in total. The van der Waals surface area contributed by atoms with Crippen LogP contribution in [0.1, 0.15) is 6.92 Å². The molecular weight excluding hydrogens is 443 g/mol. The molecule has 0 aliphatic carbocycles. The van der Waals surface area contributed by atoms with Gasteiger partial charge in [-0.25, -0.2) is 19.3 Å². The zero-order chi connectivity index (χ0) is 22.9. The average Bonchev–Trinajstić information content (AvgIpc) is 3.45. The third-order valence-corrected chi connectivity index (χ3v) is 6.00. The lowest BCUT2D eigenvalue weighted by Crippen LogP contribution is -2.18. The first-order valence-corrected chi connectivity index (χ1v) is 11.1. The maximum atomic E-state index is 15.1. The maximum Gasteiger partial charge on any atom is 0.166 e. The summed E-state index contributed by atoms with van der Waals surface area (Å²) in [4.78, 5) is 13.0. The molecule has 8 nitrogen and oxygen atoms in total. The summed E-state index contributed by atoms with van der Waals surface area (Å²) in [7, 11) is 3.49. The van der Waals surface area contributed by atoms with Gasteiger partial charge in [-0.15, -0.1) is 11.3 Å². The highest BCUT2D eigenvalue weighted by atomic mass is 32.1. The van der Waals surface area contributed by atoms with Crippen LogP contribution in [0.3, 0.4) is 0 Å². The standard InChI is InChI=1S/C23H21FN6O2S/c1-13(10-31-3)32-19-7-14(15-8-28-30(2)9-15)6-18-20(19)23(26-11-25-18)29-16-4-5-17-22(21(16)24)33-12-27-17/h4-9,11-13H,10H2,1-3H3,(H,25,26,29)/t13-/m0/s1. The first kappa shape index (κ1) is 21.2. The second kappa shape index (κ2) is 8.72. The van der Waals surface area contributed by atoms with Crippen LogP contribution in [0.2, 0.25) is 0 Å². The van der Waals surface area contributed by atoms with Gasteiger partial charge < -0.3 is 14.8 Å². The molecule has 0 amide bonds. The smallest absolute Gasteiger partial charge is 0.166 e. The van der Waals surface area contributed by atoms with Crippen molar-refractivity contribution in [1.82, 2.24) is 24.7 Å². The summed E-state index contributed by atoms with van der Waals surface area (Å²) in [6.45, 7) is 2.33. The van der Waals surface area contributed by atoms with Crippen LogP contribution in [-0.2, 0) is 11.8 Å². The van der Waals surface area contributed by atoms with Crippen LogP contribution in [0, 0.1) is 5.82 Å². The van der Waals surface area contributed by atoms with Gasteiger partial charge in [0.15, 0.2) is 5.82 Å². The Labute approximate surface area is 193 Å². The van der Waals surface area contributed by atoms with Gasteiger partial charge in [-0.05, 0) is 36.8 Å². The number of rotatable bonds is 7. The summed E-state index contributed by atoms with van der Waals surface area (Å²) in [5.41, 5.74) is 5.04. The molecule has 3 heterocycles. The monoisotopic (exact) mass is 464 g/mol. The molecule has 0 unspecified atom stereocenters. The van der Waals surface area contributed by atoms with Crippen LogP contribution in [0.4, 0.5) is 15.9 Å². The number of thiazole rings is 1. The van der Waals surface area contributed by atoms with Gasteiger partial charge in [0.1, 0.15) is 24.0 Å². The molecule has 0 spiro atoms. The first-order valence-electron chi connectivity index (χ1n) is 10.3. The van der Waals surface area contributed by atoms with Crippen molar-refractivity contribution in [3.05, 3.63) is 54.3 Å². The number of aromatic nitrogens is 5. The Morgan fingerprint density at radius 1 is 1.15 bits per heavy atom. The third kappa shape index (κ3) is 4.10. The normalized spacial score (nSPS) is 12.4. The Kier molecular flexibility index (Phi) is 5.61. The number of hydrogen-bond donors (Lipinski definition) is 1. The molecule has 0 saturated heterocycles. The van der Waals surface area contributed by atoms with E-state index in [1.165, 1.54) is 17.7 Å². The molecule has 0 aliphatic heterocycles. The summed E-state index contributed by atoms with van der Waals surface area (Å²) in [6, 6.07) is 7.29. The van der Waals surface area contributed by atoms with E-state index in [0.29, 0.717) is 45.0 Å². The average molecular weight is 465 g/mol.